The van der Waals surface area contributed by atoms with Gasteiger partial charge in [0.25, 0.3) is 5.91 Å². The van der Waals surface area contributed by atoms with Gasteiger partial charge in [0.2, 0.25) is 0 Å². The highest BCUT2D eigenvalue weighted by Crippen LogP contribution is 2.16. The van der Waals surface area contributed by atoms with Crippen LogP contribution in [0.25, 0.3) is 0 Å². The first-order valence-corrected chi connectivity index (χ1v) is 7.11. The van der Waals surface area contributed by atoms with Crippen LogP contribution in [0.2, 0.25) is 0 Å². The Morgan fingerprint density at radius 3 is 2.62 bits per heavy atom. The molecule has 0 atom stereocenters. The van der Waals surface area contributed by atoms with E-state index >= 15 is 0 Å². The molecule has 0 spiro atoms. The van der Waals surface area contributed by atoms with Gasteiger partial charge in [0.1, 0.15) is 5.82 Å². The van der Waals surface area contributed by atoms with Crippen LogP contribution in [-0.4, -0.2) is 18.5 Å². The predicted octanol–water partition coefficient (Wildman–Crippen LogP) is 3.23. The van der Waals surface area contributed by atoms with Gasteiger partial charge in [-0.25, -0.2) is 9.18 Å². The van der Waals surface area contributed by atoms with Crippen molar-refractivity contribution < 1.29 is 18.7 Å². The second kappa shape index (κ2) is 7.16. The molecule has 0 aliphatic rings. The second-order valence-corrected chi connectivity index (χ2v) is 5.28. The zero-order chi connectivity index (χ0) is 15.2. The van der Waals surface area contributed by atoms with Gasteiger partial charge >= 0.3 is 5.97 Å². The minimum absolute atomic E-state index is 0.0668. The van der Waals surface area contributed by atoms with Gasteiger partial charge in [-0.05, 0) is 52.9 Å². The molecule has 0 aliphatic carbocycles. The maximum atomic E-state index is 13.0. The van der Waals surface area contributed by atoms with Gasteiger partial charge in [0, 0.05) is 3.57 Å². The molecule has 0 saturated heterocycles. The Morgan fingerprint density at radius 1 is 1.14 bits per heavy atom. The van der Waals surface area contributed by atoms with Gasteiger partial charge in [0.05, 0.1) is 11.3 Å². The zero-order valence-corrected chi connectivity index (χ0v) is 13.0. The van der Waals surface area contributed by atoms with E-state index in [2.05, 4.69) is 27.9 Å². The topological polar surface area (TPSA) is 55.4 Å². The molecule has 0 radical (unpaired) electrons. The van der Waals surface area contributed by atoms with E-state index in [0.717, 1.165) is 9.64 Å². The molecule has 0 unspecified atom stereocenters. The average Bonchev–Trinajstić information content (AvgIpc) is 2.47. The highest BCUT2D eigenvalue weighted by Gasteiger charge is 2.11. The Morgan fingerprint density at radius 2 is 1.90 bits per heavy atom. The number of para-hydroxylation sites is 1. The number of halogens is 2. The lowest BCUT2D eigenvalue weighted by atomic mass is 10.2. The van der Waals surface area contributed by atoms with E-state index in [0.29, 0.717) is 5.69 Å². The Balaban J connectivity index is 1.90. The second-order valence-electron chi connectivity index (χ2n) is 4.11. The highest BCUT2D eigenvalue weighted by atomic mass is 127. The van der Waals surface area contributed by atoms with Crippen LogP contribution >= 0.6 is 22.6 Å². The van der Waals surface area contributed by atoms with Crippen molar-refractivity contribution in [2.45, 2.75) is 0 Å². The number of hydrogen-bond acceptors (Lipinski definition) is 3. The maximum Gasteiger partial charge on any atom is 0.338 e. The van der Waals surface area contributed by atoms with Crippen molar-refractivity contribution in [3.63, 3.8) is 0 Å². The lowest BCUT2D eigenvalue weighted by Gasteiger charge is -2.08. The van der Waals surface area contributed by atoms with E-state index in [4.69, 9.17) is 4.74 Å². The Bertz CT molecular complexity index is 675. The summed E-state index contributed by atoms with van der Waals surface area (Å²) in [5, 5.41) is 2.63. The van der Waals surface area contributed by atoms with Crippen molar-refractivity contribution in [3.8, 4) is 0 Å². The summed E-state index contributed by atoms with van der Waals surface area (Å²) < 4.78 is 18.7. The first-order valence-electron chi connectivity index (χ1n) is 6.03. The summed E-state index contributed by atoms with van der Waals surface area (Å²) in [5.74, 6) is -1.73. The van der Waals surface area contributed by atoms with Gasteiger partial charge in [-0.1, -0.05) is 18.2 Å². The molecule has 0 heterocycles. The monoisotopic (exact) mass is 399 g/mol. The number of nitrogens with one attached hydrogen (secondary N) is 1. The fraction of sp³-hybridized carbons (Fsp3) is 0.0667. The molecule has 0 fully saturated rings. The SMILES string of the molecule is O=C(COC(=O)c1cccc(F)c1)Nc1ccccc1I. The molecule has 2 aromatic carbocycles. The normalized spacial score (nSPS) is 10.0. The lowest BCUT2D eigenvalue weighted by molar-refractivity contribution is -0.119. The average molecular weight is 399 g/mol. The van der Waals surface area contributed by atoms with Crippen LogP contribution in [0, 0.1) is 9.39 Å². The molecule has 1 N–H and O–H groups in total. The van der Waals surface area contributed by atoms with E-state index in [1.165, 1.54) is 18.2 Å². The van der Waals surface area contributed by atoms with Crippen molar-refractivity contribution in [1.82, 2.24) is 0 Å². The fourth-order valence-corrected chi connectivity index (χ4v) is 2.10. The number of amides is 1. The highest BCUT2D eigenvalue weighted by molar-refractivity contribution is 14.1. The molecule has 0 bridgehead atoms. The van der Waals surface area contributed by atoms with Crippen LogP contribution in [0.3, 0.4) is 0 Å². The van der Waals surface area contributed by atoms with Gasteiger partial charge in [-0.3, -0.25) is 4.79 Å². The van der Waals surface area contributed by atoms with Crippen LogP contribution < -0.4 is 5.32 Å². The summed E-state index contributed by atoms with van der Waals surface area (Å²) in [6.07, 6.45) is 0. The first kappa shape index (κ1) is 15.4. The Kier molecular flexibility index (Phi) is 5.26. The smallest absolute Gasteiger partial charge is 0.338 e. The Hall–Kier alpha value is -1.96. The molecular formula is C15H11FINO3. The first-order chi connectivity index (χ1) is 10.1. The van der Waals surface area contributed by atoms with E-state index in [1.807, 2.05) is 12.1 Å². The molecule has 21 heavy (non-hydrogen) atoms. The van der Waals surface area contributed by atoms with Crippen LogP contribution in [0.5, 0.6) is 0 Å². The van der Waals surface area contributed by atoms with Crippen molar-refractivity contribution in [3.05, 3.63) is 63.5 Å². The summed E-state index contributed by atoms with van der Waals surface area (Å²) in [4.78, 5) is 23.4. The summed E-state index contributed by atoms with van der Waals surface area (Å²) in [5.41, 5.74) is 0.710. The number of carbonyl (C=O) groups excluding carboxylic acids is 2. The standard InChI is InChI=1S/C15H11FINO3/c16-11-5-3-4-10(8-11)15(20)21-9-14(19)18-13-7-2-1-6-12(13)17/h1-8H,9H2,(H,18,19). The largest absolute Gasteiger partial charge is 0.452 e. The number of anilines is 1. The molecule has 1 amide bonds. The van der Waals surface area contributed by atoms with Crippen LogP contribution in [0.15, 0.2) is 48.5 Å². The third-order valence-electron chi connectivity index (χ3n) is 2.54. The lowest BCUT2D eigenvalue weighted by Crippen LogP contribution is -2.21. The van der Waals surface area contributed by atoms with Crippen molar-refractivity contribution in [1.29, 1.82) is 0 Å². The van der Waals surface area contributed by atoms with Crippen molar-refractivity contribution >= 4 is 40.2 Å². The number of esters is 1. The van der Waals surface area contributed by atoms with E-state index in [-0.39, 0.29) is 5.56 Å². The summed E-state index contributed by atoms with van der Waals surface area (Å²) in [6, 6.07) is 12.3. The number of ether oxygens (including phenoxy) is 1. The van der Waals surface area contributed by atoms with Gasteiger partial charge < -0.3 is 10.1 Å². The molecule has 108 valence electrons. The van der Waals surface area contributed by atoms with Gasteiger partial charge in [0.15, 0.2) is 6.61 Å². The van der Waals surface area contributed by atoms with E-state index in [1.54, 1.807) is 12.1 Å². The van der Waals surface area contributed by atoms with E-state index < -0.39 is 24.3 Å². The molecule has 0 aromatic heterocycles. The summed E-state index contributed by atoms with van der Waals surface area (Å²) in [6.45, 7) is -0.430. The molecule has 4 nitrogen and oxygen atoms in total. The van der Waals surface area contributed by atoms with Gasteiger partial charge in [-0.2, -0.15) is 0 Å². The van der Waals surface area contributed by atoms with Crippen molar-refractivity contribution in [2.24, 2.45) is 0 Å². The third-order valence-corrected chi connectivity index (χ3v) is 3.48. The number of benzene rings is 2. The van der Waals surface area contributed by atoms with Gasteiger partial charge in [-0.15, -0.1) is 0 Å². The van der Waals surface area contributed by atoms with Crippen LogP contribution in [0.1, 0.15) is 10.4 Å². The zero-order valence-electron chi connectivity index (χ0n) is 10.8. The molecule has 6 heteroatoms. The molecular weight excluding hydrogens is 388 g/mol. The minimum atomic E-state index is -0.743. The number of rotatable bonds is 4. The summed E-state index contributed by atoms with van der Waals surface area (Å²) in [7, 11) is 0. The van der Waals surface area contributed by atoms with E-state index in [9.17, 15) is 14.0 Å². The summed E-state index contributed by atoms with van der Waals surface area (Å²) >= 11 is 2.08. The number of hydrogen-bond donors (Lipinski definition) is 1. The molecule has 2 rings (SSSR count). The minimum Gasteiger partial charge on any atom is -0.452 e. The maximum absolute atomic E-state index is 13.0. The predicted molar refractivity (Wildman–Crippen MR) is 84.5 cm³/mol. The van der Waals surface area contributed by atoms with Crippen molar-refractivity contribution in [2.75, 3.05) is 11.9 Å². The van der Waals surface area contributed by atoms with Crippen LogP contribution in [-0.2, 0) is 9.53 Å². The Labute approximate surface area is 134 Å². The number of carbonyl (C=O) groups is 2. The third kappa shape index (κ3) is 4.52. The molecule has 0 aliphatic heterocycles. The molecule has 2 aromatic rings. The molecule has 0 saturated carbocycles. The quantitative estimate of drug-likeness (QED) is 0.635. The van der Waals surface area contributed by atoms with Crippen LogP contribution in [0.4, 0.5) is 10.1 Å². The fourth-order valence-electron chi connectivity index (χ4n) is 1.58.